The van der Waals surface area contributed by atoms with Crippen LogP contribution in [0.2, 0.25) is 0 Å². The highest BCUT2D eigenvalue weighted by atomic mass is 19.4. The van der Waals surface area contributed by atoms with Gasteiger partial charge in [0.25, 0.3) is 5.91 Å². The van der Waals surface area contributed by atoms with Crippen LogP contribution in [-0.4, -0.2) is 85.7 Å². The summed E-state index contributed by atoms with van der Waals surface area (Å²) in [5, 5.41) is 15.1. The monoisotopic (exact) mass is 572 g/mol. The van der Waals surface area contributed by atoms with Crippen LogP contribution in [0.5, 0.6) is 0 Å². The van der Waals surface area contributed by atoms with Gasteiger partial charge in [-0.15, -0.1) is 0 Å². The van der Waals surface area contributed by atoms with Crippen LogP contribution in [-0.2, 0) is 20.9 Å². The van der Waals surface area contributed by atoms with Crippen molar-refractivity contribution in [3.8, 4) is 11.1 Å². The number of hydrogen-bond donors (Lipinski definition) is 2. The number of likely N-dealkylation sites (tertiary alicyclic amines) is 1. The van der Waals surface area contributed by atoms with E-state index in [0.29, 0.717) is 24.6 Å². The number of rotatable bonds is 3. The van der Waals surface area contributed by atoms with Crippen LogP contribution in [0.3, 0.4) is 0 Å². The second-order valence-electron chi connectivity index (χ2n) is 10.3. The van der Waals surface area contributed by atoms with E-state index in [1.165, 1.54) is 0 Å². The van der Waals surface area contributed by atoms with E-state index in [4.69, 9.17) is 14.9 Å². The first kappa shape index (κ1) is 28.2. The molecular weight excluding hydrogens is 545 g/mol. The number of pyridine rings is 1. The first-order valence-electron chi connectivity index (χ1n) is 13.0. The average Bonchev–Trinajstić information content (AvgIpc) is 3.50. The van der Waals surface area contributed by atoms with Gasteiger partial charge in [-0.25, -0.2) is 14.5 Å². The minimum absolute atomic E-state index is 0.171. The maximum absolute atomic E-state index is 13.1. The molecule has 6 rings (SSSR count). The summed E-state index contributed by atoms with van der Waals surface area (Å²) >= 11 is 0. The number of aliphatic carboxylic acids is 1. The Balaban J connectivity index is 0.000000431. The molecule has 2 aromatic heterocycles. The van der Waals surface area contributed by atoms with E-state index in [9.17, 15) is 27.6 Å². The molecule has 0 bridgehead atoms. The van der Waals surface area contributed by atoms with Crippen LogP contribution in [0.25, 0.3) is 22.2 Å². The number of imide groups is 1. The van der Waals surface area contributed by atoms with Gasteiger partial charge in [0.05, 0.1) is 12.2 Å². The molecule has 41 heavy (non-hydrogen) atoms. The van der Waals surface area contributed by atoms with Crippen molar-refractivity contribution in [3.05, 3.63) is 47.8 Å². The van der Waals surface area contributed by atoms with Gasteiger partial charge in [0.2, 0.25) is 11.8 Å². The molecule has 2 fully saturated rings. The topological polar surface area (TPSA) is 138 Å². The van der Waals surface area contributed by atoms with Gasteiger partial charge in [0, 0.05) is 35.7 Å². The lowest BCUT2D eigenvalue weighted by Crippen LogP contribution is -2.52. The maximum atomic E-state index is 13.1. The highest BCUT2D eigenvalue weighted by Gasteiger charge is 2.40. The summed E-state index contributed by atoms with van der Waals surface area (Å²) in [7, 11) is 2.15. The Hall–Kier alpha value is -4.33. The molecule has 3 aliphatic heterocycles. The number of carbonyl (C=O) groups is 4. The zero-order chi connectivity index (χ0) is 29.5. The number of piperidine rings is 2. The summed E-state index contributed by atoms with van der Waals surface area (Å²) in [6.07, 6.45) is 1.34. The molecule has 0 spiro atoms. The van der Waals surface area contributed by atoms with E-state index in [-0.39, 0.29) is 18.2 Å². The number of fused-ring (bicyclic) bond motifs is 2. The lowest BCUT2D eigenvalue weighted by molar-refractivity contribution is -0.192. The molecule has 14 heteroatoms. The fraction of sp³-hybridized carbons (Fsp3) is 0.407. The number of carboxylic acid groups (broad SMARTS) is 1. The third-order valence-electron chi connectivity index (χ3n) is 7.60. The summed E-state index contributed by atoms with van der Waals surface area (Å²) in [6.45, 7) is 2.44. The quantitative estimate of drug-likeness (QED) is 0.457. The van der Waals surface area contributed by atoms with Crippen molar-refractivity contribution in [1.82, 2.24) is 29.9 Å². The number of halogens is 3. The summed E-state index contributed by atoms with van der Waals surface area (Å²) in [5.74, 6) is -3.61. The Kier molecular flexibility index (Phi) is 7.51. The van der Waals surface area contributed by atoms with Crippen molar-refractivity contribution in [2.24, 2.45) is 0 Å². The SMILES string of the molecule is CN1CCC(n2ncc3cc(-c4cccc5c4CN(C4CCC(=O)NC4=O)C5=O)cnc32)CC1.O=C(O)C(F)(F)F. The number of alkyl halides is 3. The molecule has 5 heterocycles. The lowest BCUT2D eigenvalue weighted by atomic mass is 9.97. The summed E-state index contributed by atoms with van der Waals surface area (Å²) in [4.78, 5) is 54.7. The molecule has 216 valence electrons. The molecule has 0 aliphatic carbocycles. The minimum atomic E-state index is -5.08. The predicted octanol–water partition coefficient (Wildman–Crippen LogP) is 2.76. The number of benzene rings is 1. The number of nitrogens with one attached hydrogen (secondary N) is 1. The Bertz CT molecular complexity index is 1530. The maximum Gasteiger partial charge on any atom is 0.490 e. The van der Waals surface area contributed by atoms with Crippen molar-refractivity contribution < 1.29 is 37.5 Å². The first-order valence-corrected chi connectivity index (χ1v) is 13.0. The molecule has 2 saturated heterocycles. The molecule has 3 aliphatic rings. The Morgan fingerprint density at radius 3 is 2.41 bits per heavy atom. The van der Waals surface area contributed by atoms with Crippen LogP contribution in [0.4, 0.5) is 13.2 Å². The van der Waals surface area contributed by atoms with Gasteiger partial charge in [-0.05, 0) is 62.7 Å². The van der Waals surface area contributed by atoms with Gasteiger partial charge in [0.1, 0.15) is 6.04 Å². The summed E-state index contributed by atoms with van der Waals surface area (Å²) in [6, 6.07) is 7.47. The fourth-order valence-corrected chi connectivity index (χ4v) is 5.45. The summed E-state index contributed by atoms with van der Waals surface area (Å²) in [5.41, 5.74) is 4.23. The lowest BCUT2D eigenvalue weighted by Gasteiger charge is -2.29. The number of nitrogens with zero attached hydrogens (tertiary/aromatic N) is 5. The van der Waals surface area contributed by atoms with E-state index in [0.717, 1.165) is 53.7 Å². The first-order chi connectivity index (χ1) is 19.4. The van der Waals surface area contributed by atoms with Crippen LogP contribution in [0.1, 0.15) is 47.6 Å². The third kappa shape index (κ3) is 5.64. The molecule has 0 radical (unpaired) electrons. The highest BCUT2D eigenvalue weighted by Crippen LogP contribution is 2.36. The fourth-order valence-electron chi connectivity index (χ4n) is 5.45. The van der Waals surface area contributed by atoms with E-state index in [1.54, 1.807) is 11.0 Å². The molecule has 3 amide bonds. The van der Waals surface area contributed by atoms with Gasteiger partial charge >= 0.3 is 12.1 Å². The Morgan fingerprint density at radius 1 is 1.07 bits per heavy atom. The molecule has 3 aromatic rings. The van der Waals surface area contributed by atoms with E-state index < -0.39 is 24.1 Å². The number of carbonyl (C=O) groups excluding carboxylic acids is 3. The molecule has 1 unspecified atom stereocenters. The predicted molar refractivity (Wildman–Crippen MR) is 138 cm³/mol. The number of carboxylic acids is 1. The standard InChI is InChI=1S/C25H26N6O3.C2HF3O2/c1-29-9-7-17(8-10-29)31-23-16(13-27-31)11-15(12-26-23)18-3-2-4-19-20(18)14-30(25(19)34)21-5-6-22(32)28-24(21)33;3-2(4,5)1(6)7/h2-4,11-13,17,21H,5-10,14H2,1H3,(H,28,32,33);(H,6,7). The van der Waals surface area contributed by atoms with Gasteiger partial charge < -0.3 is 14.9 Å². The number of aromatic nitrogens is 3. The van der Waals surface area contributed by atoms with Crippen LogP contribution >= 0.6 is 0 Å². The van der Waals surface area contributed by atoms with Crippen LogP contribution < -0.4 is 5.32 Å². The van der Waals surface area contributed by atoms with Gasteiger partial charge in [-0.1, -0.05) is 12.1 Å². The highest BCUT2D eigenvalue weighted by molar-refractivity contribution is 6.06. The van der Waals surface area contributed by atoms with E-state index in [1.807, 2.05) is 24.5 Å². The Labute approximate surface area is 231 Å². The van der Waals surface area contributed by atoms with Crippen molar-refractivity contribution in [1.29, 1.82) is 0 Å². The van der Waals surface area contributed by atoms with Gasteiger partial charge in [-0.2, -0.15) is 18.3 Å². The zero-order valence-corrected chi connectivity index (χ0v) is 22.0. The van der Waals surface area contributed by atoms with Gasteiger partial charge in [-0.3, -0.25) is 19.7 Å². The van der Waals surface area contributed by atoms with E-state index >= 15 is 0 Å². The van der Waals surface area contributed by atoms with Crippen LogP contribution in [0.15, 0.2) is 36.7 Å². The normalized spacial score (nSPS) is 20.0. The minimum Gasteiger partial charge on any atom is -0.475 e. The van der Waals surface area contributed by atoms with Crippen molar-refractivity contribution in [3.63, 3.8) is 0 Å². The van der Waals surface area contributed by atoms with Crippen molar-refractivity contribution in [2.75, 3.05) is 20.1 Å². The molecular formula is C27H27F3N6O5. The molecule has 0 saturated carbocycles. The molecule has 2 N–H and O–H groups in total. The second kappa shape index (κ2) is 10.9. The van der Waals surface area contributed by atoms with Gasteiger partial charge in [0.15, 0.2) is 5.65 Å². The number of hydrogen-bond acceptors (Lipinski definition) is 7. The van der Waals surface area contributed by atoms with Crippen molar-refractivity contribution >= 4 is 34.7 Å². The number of amides is 3. The smallest absolute Gasteiger partial charge is 0.475 e. The molecule has 1 atom stereocenters. The van der Waals surface area contributed by atoms with Crippen LogP contribution in [0, 0.1) is 0 Å². The zero-order valence-electron chi connectivity index (χ0n) is 22.0. The second-order valence-corrected chi connectivity index (χ2v) is 10.3. The third-order valence-corrected chi connectivity index (χ3v) is 7.60. The summed E-state index contributed by atoms with van der Waals surface area (Å²) < 4.78 is 33.8. The molecule has 1 aromatic carbocycles. The Morgan fingerprint density at radius 2 is 1.76 bits per heavy atom. The molecule has 11 nitrogen and oxygen atoms in total. The van der Waals surface area contributed by atoms with Crippen molar-refractivity contribution in [2.45, 2.75) is 50.5 Å². The van der Waals surface area contributed by atoms with E-state index in [2.05, 4.69) is 33.1 Å². The largest absolute Gasteiger partial charge is 0.490 e. The average molecular weight is 573 g/mol.